The highest BCUT2D eigenvalue weighted by Gasteiger charge is 2.47. The van der Waals surface area contributed by atoms with Gasteiger partial charge in [-0.15, -0.1) is 0 Å². The molecule has 1 unspecified atom stereocenters. The van der Waals surface area contributed by atoms with Crippen LogP contribution in [0.1, 0.15) is 25.0 Å². The molecule has 7 heteroatoms. The van der Waals surface area contributed by atoms with Crippen LogP contribution in [0.4, 0.5) is 0 Å². The van der Waals surface area contributed by atoms with E-state index in [4.69, 9.17) is 4.74 Å². The summed E-state index contributed by atoms with van der Waals surface area (Å²) in [6.45, 7) is 4.87. The van der Waals surface area contributed by atoms with Crippen LogP contribution in [0.15, 0.2) is 54.6 Å². The molecule has 1 heterocycles. The van der Waals surface area contributed by atoms with Crippen molar-refractivity contribution in [1.29, 1.82) is 0 Å². The molecule has 1 atom stereocenters. The van der Waals surface area contributed by atoms with Crippen molar-refractivity contribution in [2.24, 2.45) is 5.41 Å². The molecule has 2 aromatic carbocycles. The van der Waals surface area contributed by atoms with Crippen LogP contribution in [0.2, 0.25) is 0 Å². The van der Waals surface area contributed by atoms with Crippen molar-refractivity contribution in [3.63, 3.8) is 0 Å². The lowest BCUT2D eigenvalue weighted by Gasteiger charge is -2.48. The number of amides is 2. The summed E-state index contributed by atoms with van der Waals surface area (Å²) in [4.78, 5) is 29.2. The van der Waals surface area contributed by atoms with Crippen LogP contribution in [0.5, 0.6) is 5.75 Å². The largest absolute Gasteiger partial charge is 0.497 e. The zero-order chi connectivity index (χ0) is 21.0. The summed E-state index contributed by atoms with van der Waals surface area (Å²) in [6.07, 6.45) is -0.914. The van der Waals surface area contributed by atoms with Gasteiger partial charge in [-0.1, -0.05) is 42.5 Å². The lowest BCUT2D eigenvalue weighted by atomic mass is 9.87. The van der Waals surface area contributed by atoms with E-state index in [1.807, 2.05) is 73.3 Å². The van der Waals surface area contributed by atoms with Gasteiger partial charge in [-0.25, -0.2) is 5.48 Å². The van der Waals surface area contributed by atoms with E-state index in [1.165, 1.54) is 4.90 Å². The van der Waals surface area contributed by atoms with Gasteiger partial charge in [0, 0.05) is 19.6 Å². The third-order valence-corrected chi connectivity index (χ3v) is 5.16. The molecule has 2 aromatic rings. The fourth-order valence-electron chi connectivity index (χ4n) is 3.77. The lowest BCUT2D eigenvalue weighted by Crippen LogP contribution is -2.66. The average Bonchev–Trinajstić information content (AvgIpc) is 2.72. The van der Waals surface area contributed by atoms with Gasteiger partial charge in [-0.2, -0.15) is 0 Å². The molecule has 7 nitrogen and oxygen atoms in total. The second-order valence-corrected chi connectivity index (χ2v) is 7.91. The molecule has 1 aliphatic rings. The zero-order valence-electron chi connectivity index (χ0n) is 17.0. The molecule has 1 saturated heterocycles. The number of carbonyl (C=O) groups is 2. The Hall–Kier alpha value is -2.90. The number of hydrogen-bond donors (Lipinski definition) is 2. The Balaban J connectivity index is 1.93. The fourth-order valence-corrected chi connectivity index (χ4v) is 3.77. The SMILES string of the molecule is COc1ccc(CN2CC(C)(C)C(=O)N(Cc3ccccc3)C2C(=O)NO)cc1. The Morgan fingerprint density at radius 1 is 1.10 bits per heavy atom. The minimum atomic E-state index is -0.914. The van der Waals surface area contributed by atoms with E-state index >= 15 is 0 Å². The summed E-state index contributed by atoms with van der Waals surface area (Å²) < 4.78 is 5.20. The molecule has 0 saturated carbocycles. The van der Waals surface area contributed by atoms with Crippen LogP contribution in [-0.2, 0) is 22.7 Å². The van der Waals surface area contributed by atoms with Gasteiger partial charge in [0.1, 0.15) is 5.75 Å². The molecular formula is C22H27N3O4. The molecule has 0 aromatic heterocycles. The standard InChI is InChI=1S/C22H27N3O4/c1-22(2)15-24(13-17-9-11-18(29-3)12-10-17)20(19(26)23-28)25(21(22)27)14-16-7-5-4-6-8-16/h4-12,20,28H,13-15H2,1-3H3,(H,23,26). The van der Waals surface area contributed by atoms with E-state index < -0.39 is 17.5 Å². The van der Waals surface area contributed by atoms with Gasteiger partial charge < -0.3 is 9.64 Å². The number of nitrogens with one attached hydrogen (secondary N) is 1. The first-order chi connectivity index (χ1) is 13.9. The van der Waals surface area contributed by atoms with E-state index in [9.17, 15) is 14.8 Å². The Morgan fingerprint density at radius 2 is 1.72 bits per heavy atom. The first-order valence-electron chi connectivity index (χ1n) is 9.51. The Morgan fingerprint density at radius 3 is 2.31 bits per heavy atom. The molecule has 2 N–H and O–H groups in total. The second kappa shape index (κ2) is 8.63. The van der Waals surface area contributed by atoms with Crippen molar-refractivity contribution in [1.82, 2.24) is 15.3 Å². The van der Waals surface area contributed by atoms with Gasteiger partial charge in [0.05, 0.1) is 12.5 Å². The van der Waals surface area contributed by atoms with E-state index in [0.29, 0.717) is 13.1 Å². The van der Waals surface area contributed by atoms with Crippen LogP contribution in [0.25, 0.3) is 0 Å². The van der Waals surface area contributed by atoms with Gasteiger partial charge in [0.2, 0.25) is 5.91 Å². The van der Waals surface area contributed by atoms with Crippen LogP contribution in [-0.4, -0.2) is 46.6 Å². The fraction of sp³-hybridized carbons (Fsp3) is 0.364. The number of benzene rings is 2. The van der Waals surface area contributed by atoms with E-state index in [2.05, 4.69) is 0 Å². The molecular weight excluding hydrogens is 370 g/mol. The van der Waals surface area contributed by atoms with Gasteiger partial charge in [-0.05, 0) is 37.1 Å². The zero-order valence-corrected chi connectivity index (χ0v) is 17.0. The monoisotopic (exact) mass is 397 g/mol. The Kier molecular flexibility index (Phi) is 6.20. The molecule has 0 aliphatic carbocycles. The maximum Gasteiger partial charge on any atom is 0.281 e. The van der Waals surface area contributed by atoms with Crippen molar-refractivity contribution >= 4 is 11.8 Å². The number of nitrogens with zero attached hydrogens (tertiary/aromatic N) is 2. The lowest BCUT2D eigenvalue weighted by molar-refractivity contribution is -0.171. The molecule has 154 valence electrons. The van der Waals surface area contributed by atoms with Gasteiger partial charge in [0.15, 0.2) is 6.17 Å². The van der Waals surface area contributed by atoms with Crippen molar-refractivity contribution in [2.45, 2.75) is 33.1 Å². The van der Waals surface area contributed by atoms with Crippen molar-refractivity contribution in [3.8, 4) is 5.75 Å². The molecule has 0 radical (unpaired) electrons. The summed E-state index contributed by atoms with van der Waals surface area (Å²) in [7, 11) is 1.61. The van der Waals surface area contributed by atoms with E-state index in [-0.39, 0.29) is 12.5 Å². The van der Waals surface area contributed by atoms with Crippen LogP contribution in [0.3, 0.4) is 0 Å². The van der Waals surface area contributed by atoms with Crippen molar-refractivity contribution in [2.75, 3.05) is 13.7 Å². The van der Waals surface area contributed by atoms with Crippen LogP contribution >= 0.6 is 0 Å². The first kappa shape index (κ1) is 20.8. The minimum absolute atomic E-state index is 0.124. The second-order valence-electron chi connectivity index (χ2n) is 7.91. The molecule has 0 bridgehead atoms. The summed E-state index contributed by atoms with van der Waals surface area (Å²) >= 11 is 0. The van der Waals surface area contributed by atoms with Crippen LogP contribution < -0.4 is 10.2 Å². The number of ether oxygens (including phenoxy) is 1. The van der Waals surface area contributed by atoms with Gasteiger partial charge in [0.25, 0.3) is 5.91 Å². The normalized spacial score (nSPS) is 19.1. The summed E-state index contributed by atoms with van der Waals surface area (Å²) in [5.74, 6) is -0.00233. The highest BCUT2D eigenvalue weighted by molar-refractivity contribution is 5.90. The summed E-state index contributed by atoms with van der Waals surface area (Å²) in [5, 5.41) is 9.36. The molecule has 0 spiro atoms. The molecule has 1 aliphatic heterocycles. The molecule has 2 amide bonds. The highest BCUT2D eigenvalue weighted by atomic mass is 16.5. The summed E-state index contributed by atoms with van der Waals surface area (Å²) in [5.41, 5.74) is 2.96. The molecule has 29 heavy (non-hydrogen) atoms. The van der Waals surface area contributed by atoms with Crippen molar-refractivity contribution < 1.29 is 19.5 Å². The smallest absolute Gasteiger partial charge is 0.281 e. The predicted octanol–water partition coefficient (Wildman–Crippen LogP) is 2.40. The van der Waals surface area contributed by atoms with E-state index in [0.717, 1.165) is 16.9 Å². The topological polar surface area (TPSA) is 82.1 Å². The Bertz CT molecular complexity index is 852. The predicted molar refractivity (Wildman–Crippen MR) is 108 cm³/mol. The maximum atomic E-state index is 13.2. The molecule has 1 fully saturated rings. The first-order valence-corrected chi connectivity index (χ1v) is 9.51. The van der Waals surface area contributed by atoms with Gasteiger partial charge in [-0.3, -0.25) is 19.7 Å². The van der Waals surface area contributed by atoms with Crippen LogP contribution in [0, 0.1) is 5.41 Å². The van der Waals surface area contributed by atoms with E-state index in [1.54, 1.807) is 12.6 Å². The number of carbonyl (C=O) groups excluding carboxylic acids is 2. The Labute approximate surface area is 170 Å². The van der Waals surface area contributed by atoms with Gasteiger partial charge >= 0.3 is 0 Å². The molecule has 3 rings (SSSR count). The number of hydrogen-bond acceptors (Lipinski definition) is 5. The summed E-state index contributed by atoms with van der Waals surface area (Å²) in [6, 6.07) is 17.1. The highest BCUT2D eigenvalue weighted by Crippen LogP contribution is 2.32. The number of rotatable bonds is 6. The maximum absolute atomic E-state index is 13.2. The third-order valence-electron chi connectivity index (χ3n) is 5.16. The number of methoxy groups -OCH3 is 1. The number of hydroxylamine groups is 1. The van der Waals surface area contributed by atoms with Crippen molar-refractivity contribution in [3.05, 3.63) is 65.7 Å². The quantitative estimate of drug-likeness (QED) is 0.578. The third kappa shape index (κ3) is 4.58. The minimum Gasteiger partial charge on any atom is -0.497 e. The average molecular weight is 397 g/mol.